The van der Waals surface area contributed by atoms with E-state index in [9.17, 15) is 55.2 Å². The summed E-state index contributed by atoms with van der Waals surface area (Å²) >= 11 is 0. The van der Waals surface area contributed by atoms with Crippen molar-refractivity contribution in [3.8, 4) is 0 Å². The molecule has 0 radical (unpaired) electrons. The van der Waals surface area contributed by atoms with Gasteiger partial charge in [0.1, 0.15) is 61.0 Å². The Bertz CT molecular complexity index is 1470. The number of rotatable bonds is 10. The van der Waals surface area contributed by atoms with Gasteiger partial charge in [0.25, 0.3) is 0 Å². The van der Waals surface area contributed by atoms with Crippen LogP contribution in [-0.4, -0.2) is 165 Å². The second kappa shape index (κ2) is 16.9. The van der Waals surface area contributed by atoms with Crippen LogP contribution in [0, 0.1) is 35.5 Å². The molecule has 0 aromatic carbocycles. The van der Waals surface area contributed by atoms with Crippen LogP contribution >= 0.6 is 0 Å². The van der Waals surface area contributed by atoms with Crippen LogP contribution in [0.3, 0.4) is 0 Å². The third-order valence-electron chi connectivity index (χ3n) is 11.8. The number of ether oxygens (including phenoxy) is 9. The molecule has 0 spiro atoms. The van der Waals surface area contributed by atoms with Gasteiger partial charge in [-0.15, -0.1) is 0 Å². The first-order valence-electron chi connectivity index (χ1n) is 18.2. The van der Waals surface area contributed by atoms with E-state index in [1.54, 1.807) is 13.8 Å². The highest BCUT2D eigenvalue weighted by Crippen LogP contribution is 2.51. The van der Waals surface area contributed by atoms with Crippen LogP contribution in [0.5, 0.6) is 0 Å². The Hall–Kier alpha value is -2.99. The molecular weight excluding hydrogens is 740 g/mol. The second-order valence-corrected chi connectivity index (χ2v) is 15.0. The minimum Gasteiger partial charge on any atom is -0.472 e. The van der Waals surface area contributed by atoms with E-state index in [4.69, 9.17) is 42.6 Å². The SMILES string of the molecule is COC(=O)C1=CO[C@@H](O[C@@H]2O[C@H](CO)[C@@H](O)[C@H](O)[C@H]2O)C2[C@@H]1C[C@H](OC(=O)C1=CO[C@@H](O[C@@H]3O[C@H](CO)[C@@H](O)[C@H](O)[C@H]3O)C3[C@@H]1C[C@H](OC(C)=O)[C@@H]3C)[C@@H]2C. The van der Waals surface area contributed by atoms with Gasteiger partial charge in [-0.05, 0) is 12.8 Å². The first kappa shape index (κ1) is 41.6. The molecule has 2 unspecified atom stereocenters. The highest BCUT2D eigenvalue weighted by atomic mass is 16.8. The topological polar surface area (TPSA) is 296 Å². The molecule has 4 aliphatic heterocycles. The summed E-state index contributed by atoms with van der Waals surface area (Å²) in [6, 6.07) is 0. The van der Waals surface area contributed by atoms with E-state index in [2.05, 4.69) is 0 Å². The summed E-state index contributed by atoms with van der Waals surface area (Å²) in [5.41, 5.74) is 0.213. The number of fused-ring (bicyclic) bond motifs is 2. The fraction of sp³-hybridized carbons (Fsp3) is 0.800. The monoisotopic (exact) mass is 790 g/mol. The van der Waals surface area contributed by atoms with E-state index in [1.165, 1.54) is 14.0 Å². The maximum Gasteiger partial charge on any atom is 0.337 e. The van der Waals surface area contributed by atoms with Crippen molar-refractivity contribution in [2.24, 2.45) is 35.5 Å². The largest absolute Gasteiger partial charge is 0.472 e. The molecule has 310 valence electrons. The van der Waals surface area contributed by atoms with E-state index < -0.39 is 153 Å². The van der Waals surface area contributed by atoms with Gasteiger partial charge in [0.2, 0.25) is 12.6 Å². The highest BCUT2D eigenvalue weighted by molar-refractivity contribution is 5.90. The van der Waals surface area contributed by atoms with Gasteiger partial charge in [-0.25, -0.2) is 9.59 Å². The Balaban J connectivity index is 1.21. The Morgan fingerprint density at radius 1 is 0.636 bits per heavy atom. The van der Waals surface area contributed by atoms with Crippen LogP contribution in [0.4, 0.5) is 0 Å². The smallest absolute Gasteiger partial charge is 0.337 e. The molecule has 2 saturated heterocycles. The number of hydrogen-bond acceptors (Lipinski definition) is 20. The molecule has 6 rings (SSSR count). The molecule has 0 amide bonds. The maximum absolute atomic E-state index is 14.1. The molecule has 20 nitrogen and oxygen atoms in total. The Morgan fingerprint density at radius 3 is 1.45 bits per heavy atom. The van der Waals surface area contributed by atoms with Crippen LogP contribution in [-0.2, 0) is 57.0 Å². The highest BCUT2D eigenvalue weighted by Gasteiger charge is 2.57. The molecular formula is C35H50O20. The number of aliphatic hydroxyl groups excluding tert-OH is 8. The van der Waals surface area contributed by atoms with Crippen LogP contribution < -0.4 is 0 Å². The summed E-state index contributed by atoms with van der Waals surface area (Å²) < 4.78 is 51.3. The van der Waals surface area contributed by atoms with Gasteiger partial charge in [0, 0.05) is 42.4 Å². The zero-order chi connectivity index (χ0) is 40.0. The molecule has 2 saturated carbocycles. The molecule has 0 aromatic heterocycles. The van der Waals surface area contributed by atoms with Crippen LogP contribution in [0.2, 0.25) is 0 Å². The zero-order valence-electron chi connectivity index (χ0n) is 30.5. The Kier molecular flexibility index (Phi) is 12.8. The van der Waals surface area contributed by atoms with Gasteiger partial charge in [0.15, 0.2) is 12.6 Å². The minimum absolute atomic E-state index is 0.0799. The standard InChI is InChI=1S/C35H50O20/c1-11-18(50-13(3)38)5-15-17(10-49-32(22(11)15)54-34-28(43)26(41)24(39)20(7-36)52-34)31(46)51-19-6-14-16(30(45)47-4)9-48-33(23(14)12(19)2)55-35-29(44)27(42)25(40)21(8-37)53-35/h9-12,14-15,18-29,32-37,39-44H,5-8H2,1-4H3/t11-,12-,14+,15+,18-,19-,20+,21+,22?,23?,24+,25+,26-,27-,28+,29+,32-,33-,34-,35-/m0/s1. The number of methoxy groups -OCH3 is 1. The normalized spacial score (nSPS) is 46.5. The summed E-state index contributed by atoms with van der Waals surface area (Å²) in [4.78, 5) is 38.9. The van der Waals surface area contributed by atoms with Gasteiger partial charge in [-0.1, -0.05) is 13.8 Å². The molecule has 0 aromatic rings. The number of esters is 3. The van der Waals surface area contributed by atoms with E-state index in [0.717, 1.165) is 12.5 Å². The number of hydrogen-bond donors (Lipinski definition) is 8. The minimum atomic E-state index is -1.74. The van der Waals surface area contributed by atoms with Crippen molar-refractivity contribution in [2.45, 2.75) is 120 Å². The average molecular weight is 791 g/mol. The molecule has 20 heteroatoms. The summed E-state index contributed by atoms with van der Waals surface area (Å²) in [6.07, 6.45) is -17.2. The molecule has 6 aliphatic rings. The van der Waals surface area contributed by atoms with Crippen molar-refractivity contribution in [2.75, 3.05) is 20.3 Å². The Labute approximate surface area is 315 Å². The molecule has 4 fully saturated rings. The maximum atomic E-state index is 14.1. The lowest BCUT2D eigenvalue weighted by atomic mass is 9.83. The van der Waals surface area contributed by atoms with E-state index in [0.29, 0.717) is 0 Å². The quantitative estimate of drug-likeness (QED) is 0.0793. The van der Waals surface area contributed by atoms with Gasteiger partial charge in [0.05, 0.1) is 44.0 Å². The fourth-order valence-corrected chi connectivity index (χ4v) is 8.77. The summed E-state index contributed by atoms with van der Waals surface area (Å²) in [5.74, 6) is -5.81. The fourth-order valence-electron chi connectivity index (χ4n) is 8.77. The van der Waals surface area contributed by atoms with Crippen molar-refractivity contribution < 1.29 is 97.9 Å². The van der Waals surface area contributed by atoms with Gasteiger partial charge in [-0.3, -0.25) is 4.79 Å². The molecule has 4 heterocycles. The first-order valence-corrected chi connectivity index (χ1v) is 18.2. The molecule has 0 bridgehead atoms. The van der Waals surface area contributed by atoms with Crippen LogP contribution in [0.1, 0.15) is 33.6 Å². The predicted molar refractivity (Wildman–Crippen MR) is 175 cm³/mol. The first-order chi connectivity index (χ1) is 26.1. The lowest BCUT2D eigenvalue weighted by Crippen LogP contribution is -2.60. The number of aliphatic hydroxyl groups is 8. The second-order valence-electron chi connectivity index (χ2n) is 15.0. The Morgan fingerprint density at radius 2 is 1.05 bits per heavy atom. The van der Waals surface area contributed by atoms with Gasteiger partial charge < -0.3 is 83.5 Å². The van der Waals surface area contributed by atoms with Crippen molar-refractivity contribution in [3.63, 3.8) is 0 Å². The van der Waals surface area contributed by atoms with Crippen molar-refractivity contribution in [3.05, 3.63) is 23.7 Å². The number of carbonyl (C=O) groups is 3. The molecule has 20 atom stereocenters. The summed E-state index contributed by atoms with van der Waals surface area (Å²) in [5, 5.41) is 81.5. The van der Waals surface area contributed by atoms with Gasteiger partial charge in [-0.2, -0.15) is 0 Å². The zero-order valence-corrected chi connectivity index (χ0v) is 30.5. The van der Waals surface area contributed by atoms with Crippen LogP contribution in [0.25, 0.3) is 0 Å². The lowest BCUT2D eigenvalue weighted by Gasteiger charge is -2.43. The van der Waals surface area contributed by atoms with Crippen molar-refractivity contribution in [1.82, 2.24) is 0 Å². The molecule has 55 heavy (non-hydrogen) atoms. The average Bonchev–Trinajstić information content (AvgIpc) is 3.66. The molecule has 8 N–H and O–H groups in total. The van der Waals surface area contributed by atoms with E-state index in [1.807, 2.05) is 0 Å². The summed E-state index contributed by atoms with van der Waals surface area (Å²) in [7, 11) is 1.19. The van der Waals surface area contributed by atoms with E-state index >= 15 is 0 Å². The summed E-state index contributed by atoms with van der Waals surface area (Å²) in [6.45, 7) is 3.37. The van der Waals surface area contributed by atoms with E-state index in [-0.39, 0.29) is 24.0 Å². The molecule has 2 aliphatic carbocycles. The lowest BCUT2D eigenvalue weighted by molar-refractivity contribution is -0.343. The number of carbonyl (C=O) groups excluding carboxylic acids is 3. The van der Waals surface area contributed by atoms with Crippen molar-refractivity contribution >= 4 is 17.9 Å². The van der Waals surface area contributed by atoms with Gasteiger partial charge >= 0.3 is 17.9 Å². The third-order valence-corrected chi connectivity index (χ3v) is 11.8. The van der Waals surface area contributed by atoms with Crippen LogP contribution in [0.15, 0.2) is 23.7 Å². The predicted octanol–water partition coefficient (Wildman–Crippen LogP) is -3.34. The third kappa shape index (κ3) is 7.84. The van der Waals surface area contributed by atoms with Crippen molar-refractivity contribution in [1.29, 1.82) is 0 Å².